The zero-order valence-electron chi connectivity index (χ0n) is 17.5. The number of alkyl halides is 2. The van der Waals surface area contributed by atoms with Crippen LogP contribution in [0.3, 0.4) is 0 Å². The minimum Gasteiger partial charge on any atom is -0.459 e. The molecule has 3 atom stereocenters. The Kier molecular flexibility index (Phi) is 6.37. The average Bonchev–Trinajstić information content (AvgIpc) is 3.08. The van der Waals surface area contributed by atoms with E-state index in [1.54, 1.807) is 36.4 Å². The number of nitrogens with two attached hydrogens (primary N) is 1. The SMILES string of the molecule is Nc1ccn(C2OC(COC(=O)c3ccccc3)C(OC(=O)c3ccccc3)C2(F)F)c(=O)n1. The van der Waals surface area contributed by atoms with Crippen molar-refractivity contribution in [3.05, 3.63) is 94.5 Å². The fraction of sp³-hybridized carbons (Fsp3) is 0.217. The van der Waals surface area contributed by atoms with Gasteiger partial charge in [-0.2, -0.15) is 13.8 Å². The van der Waals surface area contributed by atoms with Crippen LogP contribution >= 0.6 is 0 Å². The van der Waals surface area contributed by atoms with Gasteiger partial charge in [-0.1, -0.05) is 36.4 Å². The van der Waals surface area contributed by atoms with Gasteiger partial charge in [0.05, 0.1) is 11.1 Å². The molecule has 0 spiro atoms. The molecule has 1 aliphatic heterocycles. The summed E-state index contributed by atoms with van der Waals surface area (Å²) in [6, 6.07) is 16.6. The van der Waals surface area contributed by atoms with Gasteiger partial charge in [-0.25, -0.2) is 14.4 Å². The van der Waals surface area contributed by atoms with E-state index in [1.807, 2.05) is 0 Å². The summed E-state index contributed by atoms with van der Waals surface area (Å²) in [5.74, 6) is -5.86. The molecule has 0 bridgehead atoms. The van der Waals surface area contributed by atoms with Gasteiger partial charge >= 0.3 is 23.6 Å². The van der Waals surface area contributed by atoms with Crippen molar-refractivity contribution >= 4 is 17.8 Å². The number of ether oxygens (including phenoxy) is 3. The quantitative estimate of drug-likeness (QED) is 0.544. The molecule has 3 aromatic rings. The number of aromatic nitrogens is 2. The molecule has 3 unspecified atom stereocenters. The van der Waals surface area contributed by atoms with Gasteiger partial charge < -0.3 is 19.9 Å². The summed E-state index contributed by atoms with van der Waals surface area (Å²) in [5, 5.41) is 0. The van der Waals surface area contributed by atoms with Gasteiger partial charge in [0.25, 0.3) is 0 Å². The molecule has 0 saturated carbocycles. The topological polar surface area (TPSA) is 123 Å². The van der Waals surface area contributed by atoms with E-state index in [4.69, 9.17) is 19.9 Å². The number of anilines is 1. The van der Waals surface area contributed by atoms with Crippen LogP contribution in [0.25, 0.3) is 0 Å². The van der Waals surface area contributed by atoms with Crippen molar-refractivity contribution in [3.63, 3.8) is 0 Å². The van der Waals surface area contributed by atoms with E-state index in [0.717, 1.165) is 12.3 Å². The Bertz CT molecular complexity index is 1240. The monoisotopic (exact) mass is 471 g/mol. The van der Waals surface area contributed by atoms with Crippen molar-refractivity contribution in [2.75, 3.05) is 12.3 Å². The van der Waals surface area contributed by atoms with Gasteiger partial charge in [-0.3, -0.25) is 4.57 Å². The summed E-state index contributed by atoms with van der Waals surface area (Å²) in [6.07, 6.45) is -4.93. The number of hydrogen-bond acceptors (Lipinski definition) is 8. The van der Waals surface area contributed by atoms with Crippen LogP contribution in [0.5, 0.6) is 0 Å². The van der Waals surface area contributed by atoms with E-state index in [1.165, 1.54) is 24.3 Å². The summed E-state index contributed by atoms with van der Waals surface area (Å²) < 4.78 is 47.1. The maximum Gasteiger partial charge on any atom is 0.351 e. The van der Waals surface area contributed by atoms with Gasteiger partial charge in [0, 0.05) is 6.20 Å². The Hall–Kier alpha value is -4.12. The lowest BCUT2D eigenvalue weighted by molar-refractivity contribution is -0.142. The number of nitrogen functional groups attached to an aromatic ring is 1. The molecule has 2 N–H and O–H groups in total. The van der Waals surface area contributed by atoms with E-state index in [9.17, 15) is 14.4 Å². The Morgan fingerprint density at radius 1 is 1.00 bits per heavy atom. The maximum absolute atomic E-state index is 15.5. The molecule has 0 aliphatic carbocycles. The predicted molar refractivity (Wildman–Crippen MR) is 114 cm³/mol. The van der Waals surface area contributed by atoms with Gasteiger partial charge in [0.2, 0.25) is 6.23 Å². The fourth-order valence-corrected chi connectivity index (χ4v) is 3.43. The van der Waals surface area contributed by atoms with E-state index in [2.05, 4.69) is 4.98 Å². The lowest BCUT2D eigenvalue weighted by Gasteiger charge is -2.24. The third-order valence-electron chi connectivity index (χ3n) is 5.09. The minimum atomic E-state index is -3.88. The molecule has 11 heteroatoms. The molecule has 176 valence electrons. The van der Waals surface area contributed by atoms with Gasteiger partial charge in [-0.05, 0) is 30.3 Å². The smallest absolute Gasteiger partial charge is 0.351 e. The second kappa shape index (κ2) is 9.40. The summed E-state index contributed by atoms with van der Waals surface area (Å²) in [6.45, 7) is -0.663. The van der Waals surface area contributed by atoms with Crippen LogP contribution in [-0.4, -0.2) is 46.2 Å². The van der Waals surface area contributed by atoms with E-state index in [-0.39, 0.29) is 16.9 Å². The van der Waals surface area contributed by atoms with Crippen LogP contribution in [0, 0.1) is 0 Å². The van der Waals surface area contributed by atoms with Crippen LogP contribution in [0.15, 0.2) is 77.7 Å². The largest absolute Gasteiger partial charge is 0.459 e. The number of nitrogens with zero attached hydrogens (tertiary/aromatic N) is 2. The molecule has 0 amide bonds. The van der Waals surface area contributed by atoms with Crippen LogP contribution in [-0.2, 0) is 14.2 Å². The first-order valence-corrected chi connectivity index (χ1v) is 10.1. The standard InChI is InChI=1S/C23H19F2N3O6/c24-23(25)18(34-20(30)15-9-5-2-6-10-15)16(13-32-19(29)14-7-3-1-4-8-14)33-21(23)28-12-11-17(26)27-22(28)31/h1-12,16,18,21H,13H2,(H2,26,27,31). The Morgan fingerprint density at radius 3 is 2.18 bits per heavy atom. The number of esters is 2. The van der Waals surface area contributed by atoms with E-state index < -0.39 is 48.6 Å². The highest BCUT2D eigenvalue weighted by Crippen LogP contribution is 2.44. The highest BCUT2D eigenvalue weighted by molar-refractivity contribution is 5.90. The number of carbonyl (C=O) groups excluding carboxylic acids is 2. The average molecular weight is 471 g/mol. The first-order chi connectivity index (χ1) is 16.3. The van der Waals surface area contributed by atoms with Crippen molar-refractivity contribution in [2.24, 2.45) is 0 Å². The Labute approximate surface area is 191 Å². The van der Waals surface area contributed by atoms with Crippen LogP contribution in [0.4, 0.5) is 14.6 Å². The molecule has 4 rings (SSSR count). The lowest BCUT2D eigenvalue weighted by Crippen LogP contribution is -2.44. The van der Waals surface area contributed by atoms with Gasteiger partial charge in [-0.15, -0.1) is 0 Å². The van der Waals surface area contributed by atoms with Crippen molar-refractivity contribution < 1.29 is 32.6 Å². The van der Waals surface area contributed by atoms with Crippen LogP contribution in [0.2, 0.25) is 0 Å². The molecule has 1 aromatic heterocycles. The van der Waals surface area contributed by atoms with Gasteiger partial charge in [0.1, 0.15) is 18.5 Å². The minimum absolute atomic E-state index is 0.0353. The van der Waals surface area contributed by atoms with Crippen molar-refractivity contribution in [1.29, 1.82) is 0 Å². The van der Waals surface area contributed by atoms with Gasteiger partial charge in [0.15, 0.2) is 6.10 Å². The van der Waals surface area contributed by atoms with E-state index >= 15 is 8.78 Å². The highest BCUT2D eigenvalue weighted by atomic mass is 19.3. The summed E-state index contributed by atoms with van der Waals surface area (Å²) in [7, 11) is 0. The predicted octanol–water partition coefficient (Wildman–Crippen LogP) is 2.44. The molecule has 1 saturated heterocycles. The Balaban J connectivity index is 1.61. The number of rotatable bonds is 6. The molecule has 1 aliphatic rings. The first-order valence-electron chi connectivity index (χ1n) is 10.1. The number of benzene rings is 2. The first kappa shape index (κ1) is 23.1. The molecule has 1 fully saturated rings. The summed E-state index contributed by atoms with van der Waals surface area (Å²) >= 11 is 0. The number of hydrogen-bond donors (Lipinski definition) is 1. The number of halogens is 2. The molecule has 2 heterocycles. The molecule has 0 radical (unpaired) electrons. The second-order valence-electron chi connectivity index (χ2n) is 7.40. The Morgan fingerprint density at radius 2 is 1.59 bits per heavy atom. The van der Waals surface area contributed by atoms with Crippen molar-refractivity contribution in [1.82, 2.24) is 9.55 Å². The fourth-order valence-electron chi connectivity index (χ4n) is 3.43. The molecule has 9 nitrogen and oxygen atoms in total. The summed E-state index contributed by atoms with van der Waals surface area (Å²) in [4.78, 5) is 40.5. The normalized spacial score (nSPS) is 21.1. The maximum atomic E-state index is 15.5. The van der Waals surface area contributed by atoms with Crippen LogP contribution < -0.4 is 11.4 Å². The third kappa shape index (κ3) is 4.64. The summed E-state index contributed by atoms with van der Waals surface area (Å²) in [5.41, 5.74) is 4.58. The molecular weight excluding hydrogens is 452 g/mol. The molecular formula is C23H19F2N3O6. The zero-order valence-corrected chi connectivity index (χ0v) is 17.5. The zero-order chi connectivity index (χ0) is 24.3. The second-order valence-corrected chi connectivity index (χ2v) is 7.40. The lowest BCUT2D eigenvalue weighted by atomic mass is 10.1. The number of carbonyl (C=O) groups is 2. The van der Waals surface area contributed by atoms with Crippen LogP contribution in [0.1, 0.15) is 26.9 Å². The third-order valence-corrected chi connectivity index (χ3v) is 5.09. The molecule has 34 heavy (non-hydrogen) atoms. The van der Waals surface area contributed by atoms with Crippen molar-refractivity contribution in [3.8, 4) is 0 Å². The molecule has 2 aromatic carbocycles. The highest BCUT2D eigenvalue weighted by Gasteiger charge is 2.62. The van der Waals surface area contributed by atoms with E-state index in [0.29, 0.717) is 4.57 Å². The van der Waals surface area contributed by atoms with Crippen molar-refractivity contribution in [2.45, 2.75) is 24.4 Å².